The van der Waals surface area contributed by atoms with Crippen LogP contribution in [0.15, 0.2) is 24.4 Å². The van der Waals surface area contributed by atoms with E-state index in [1.165, 1.54) is 27.9 Å². The number of nitrogens with zero attached hydrogens (tertiary/aromatic N) is 3. The standard InChI is InChI=1S/C19H25N3/c1-4-5-19-20-11-17-13-22(9-8-18(17)21-19)12-16-7-6-14(2)15(3)10-16/h6-7,10-11H,4-5,8-9,12-13H2,1-3H3. The quantitative estimate of drug-likeness (QED) is 0.863. The van der Waals surface area contributed by atoms with E-state index in [0.717, 1.165) is 44.7 Å². The Morgan fingerprint density at radius 2 is 2.05 bits per heavy atom. The summed E-state index contributed by atoms with van der Waals surface area (Å²) in [5.74, 6) is 1.00. The molecule has 0 saturated carbocycles. The second-order valence-electron chi connectivity index (χ2n) is 6.39. The number of benzene rings is 1. The first kappa shape index (κ1) is 15.2. The van der Waals surface area contributed by atoms with E-state index in [9.17, 15) is 0 Å². The molecule has 0 radical (unpaired) electrons. The van der Waals surface area contributed by atoms with Gasteiger partial charge in [0.1, 0.15) is 5.82 Å². The van der Waals surface area contributed by atoms with Crippen LogP contribution in [0.25, 0.3) is 0 Å². The van der Waals surface area contributed by atoms with Gasteiger partial charge in [-0.05, 0) is 37.0 Å². The maximum Gasteiger partial charge on any atom is 0.128 e. The van der Waals surface area contributed by atoms with Crippen molar-refractivity contribution in [2.75, 3.05) is 6.54 Å². The molecule has 1 aromatic heterocycles. The summed E-state index contributed by atoms with van der Waals surface area (Å²) >= 11 is 0. The van der Waals surface area contributed by atoms with Gasteiger partial charge in [-0.1, -0.05) is 25.1 Å². The lowest BCUT2D eigenvalue weighted by Crippen LogP contribution is -2.31. The molecule has 3 heteroatoms. The second-order valence-corrected chi connectivity index (χ2v) is 6.39. The third-order valence-corrected chi connectivity index (χ3v) is 4.51. The van der Waals surface area contributed by atoms with Crippen LogP contribution >= 0.6 is 0 Å². The van der Waals surface area contributed by atoms with Crippen LogP contribution in [-0.2, 0) is 25.9 Å². The fourth-order valence-electron chi connectivity index (χ4n) is 3.06. The Labute approximate surface area is 133 Å². The summed E-state index contributed by atoms with van der Waals surface area (Å²) in [5.41, 5.74) is 6.70. The first-order valence-electron chi connectivity index (χ1n) is 8.28. The molecule has 2 heterocycles. The third kappa shape index (κ3) is 3.36. The monoisotopic (exact) mass is 295 g/mol. The number of rotatable bonds is 4. The van der Waals surface area contributed by atoms with Crippen LogP contribution in [0.2, 0.25) is 0 Å². The zero-order valence-electron chi connectivity index (χ0n) is 13.9. The number of hydrogen-bond acceptors (Lipinski definition) is 3. The van der Waals surface area contributed by atoms with Gasteiger partial charge >= 0.3 is 0 Å². The smallest absolute Gasteiger partial charge is 0.128 e. The van der Waals surface area contributed by atoms with Gasteiger partial charge in [0.25, 0.3) is 0 Å². The maximum absolute atomic E-state index is 4.73. The molecule has 0 atom stereocenters. The summed E-state index contributed by atoms with van der Waals surface area (Å²) < 4.78 is 0. The summed E-state index contributed by atoms with van der Waals surface area (Å²) in [7, 11) is 0. The van der Waals surface area contributed by atoms with Gasteiger partial charge in [0, 0.05) is 49.9 Å². The minimum Gasteiger partial charge on any atom is -0.294 e. The Kier molecular flexibility index (Phi) is 4.53. The highest BCUT2D eigenvalue weighted by Gasteiger charge is 2.18. The number of aromatic nitrogens is 2. The van der Waals surface area contributed by atoms with Crippen LogP contribution in [-0.4, -0.2) is 21.4 Å². The van der Waals surface area contributed by atoms with Crippen molar-refractivity contribution in [3.8, 4) is 0 Å². The largest absolute Gasteiger partial charge is 0.294 e. The minimum atomic E-state index is 0.967. The van der Waals surface area contributed by atoms with Crippen LogP contribution < -0.4 is 0 Å². The summed E-state index contributed by atoms with van der Waals surface area (Å²) in [6, 6.07) is 6.78. The Bertz CT molecular complexity index is 664. The van der Waals surface area contributed by atoms with Crippen molar-refractivity contribution in [3.63, 3.8) is 0 Å². The summed E-state index contributed by atoms with van der Waals surface area (Å²) in [6.45, 7) is 9.59. The number of aryl methyl sites for hydroxylation is 3. The van der Waals surface area contributed by atoms with Gasteiger partial charge in [-0.2, -0.15) is 0 Å². The van der Waals surface area contributed by atoms with Crippen molar-refractivity contribution < 1.29 is 0 Å². The lowest BCUT2D eigenvalue weighted by Gasteiger charge is -2.28. The van der Waals surface area contributed by atoms with Crippen molar-refractivity contribution in [1.29, 1.82) is 0 Å². The van der Waals surface area contributed by atoms with Crippen molar-refractivity contribution in [2.45, 2.75) is 53.1 Å². The van der Waals surface area contributed by atoms with Crippen molar-refractivity contribution in [2.24, 2.45) is 0 Å². The Morgan fingerprint density at radius 3 is 2.82 bits per heavy atom. The molecule has 22 heavy (non-hydrogen) atoms. The molecule has 0 spiro atoms. The first-order chi connectivity index (χ1) is 10.7. The number of hydrogen-bond donors (Lipinski definition) is 0. The van der Waals surface area contributed by atoms with E-state index in [1.54, 1.807) is 0 Å². The fraction of sp³-hybridized carbons (Fsp3) is 0.474. The Morgan fingerprint density at radius 1 is 1.18 bits per heavy atom. The van der Waals surface area contributed by atoms with Crippen molar-refractivity contribution >= 4 is 0 Å². The van der Waals surface area contributed by atoms with Gasteiger partial charge in [0.2, 0.25) is 0 Å². The highest BCUT2D eigenvalue weighted by atomic mass is 15.1. The SMILES string of the molecule is CCCc1ncc2c(n1)CCN(Cc1ccc(C)c(C)c1)C2. The average molecular weight is 295 g/mol. The molecule has 0 unspecified atom stereocenters. The van der Waals surface area contributed by atoms with Gasteiger partial charge in [-0.15, -0.1) is 0 Å². The molecule has 0 amide bonds. The van der Waals surface area contributed by atoms with E-state index in [0.29, 0.717) is 0 Å². The highest BCUT2D eigenvalue weighted by Crippen LogP contribution is 2.20. The molecular formula is C19H25N3. The second kappa shape index (κ2) is 6.57. The molecule has 0 saturated heterocycles. The van der Waals surface area contributed by atoms with Crippen LogP contribution in [0.4, 0.5) is 0 Å². The van der Waals surface area contributed by atoms with Crippen LogP contribution in [0, 0.1) is 13.8 Å². The lowest BCUT2D eigenvalue weighted by molar-refractivity contribution is 0.242. The maximum atomic E-state index is 4.73. The van der Waals surface area contributed by atoms with E-state index < -0.39 is 0 Å². The van der Waals surface area contributed by atoms with Gasteiger partial charge in [0.15, 0.2) is 0 Å². The molecule has 0 aliphatic carbocycles. The molecule has 116 valence electrons. The summed E-state index contributed by atoms with van der Waals surface area (Å²) in [6.07, 6.45) is 5.18. The highest BCUT2D eigenvalue weighted by molar-refractivity contribution is 5.30. The molecule has 3 nitrogen and oxygen atoms in total. The van der Waals surface area contributed by atoms with Crippen LogP contribution in [0.1, 0.15) is 47.1 Å². The average Bonchev–Trinajstić information content (AvgIpc) is 2.51. The summed E-state index contributed by atoms with van der Waals surface area (Å²) in [4.78, 5) is 11.7. The molecule has 1 aliphatic rings. The van der Waals surface area contributed by atoms with Crippen LogP contribution in [0.5, 0.6) is 0 Å². The molecular weight excluding hydrogens is 270 g/mol. The fourth-order valence-corrected chi connectivity index (χ4v) is 3.06. The van der Waals surface area contributed by atoms with E-state index in [4.69, 9.17) is 4.98 Å². The van der Waals surface area contributed by atoms with E-state index >= 15 is 0 Å². The molecule has 3 rings (SSSR count). The van der Waals surface area contributed by atoms with Gasteiger partial charge in [0.05, 0.1) is 0 Å². The Hall–Kier alpha value is -1.74. The van der Waals surface area contributed by atoms with Gasteiger partial charge < -0.3 is 0 Å². The molecule has 0 bridgehead atoms. The third-order valence-electron chi connectivity index (χ3n) is 4.51. The molecule has 0 N–H and O–H groups in total. The Balaban J connectivity index is 1.70. The van der Waals surface area contributed by atoms with E-state index in [1.807, 2.05) is 6.20 Å². The summed E-state index contributed by atoms with van der Waals surface area (Å²) in [5, 5.41) is 0. The van der Waals surface area contributed by atoms with Crippen molar-refractivity contribution in [3.05, 3.63) is 58.2 Å². The molecule has 1 aromatic carbocycles. The predicted octanol–water partition coefficient (Wildman–Crippen LogP) is 3.60. The van der Waals surface area contributed by atoms with Gasteiger partial charge in [-0.25, -0.2) is 9.97 Å². The minimum absolute atomic E-state index is 0.967. The van der Waals surface area contributed by atoms with E-state index in [2.05, 4.69) is 48.9 Å². The van der Waals surface area contributed by atoms with Crippen LogP contribution in [0.3, 0.4) is 0 Å². The predicted molar refractivity (Wildman–Crippen MR) is 89.8 cm³/mol. The molecule has 0 fully saturated rings. The number of fused-ring (bicyclic) bond motifs is 1. The molecule has 1 aliphatic heterocycles. The lowest BCUT2D eigenvalue weighted by atomic mass is 10.0. The topological polar surface area (TPSA) is 29.0 Å². The first-order valence-corrected chi connectivity index (χ1v) is 8.28. The van der Waals surface area contributed by atoms with Crippen molar-refractivity contribution in [1.82, 2.24) is 14.9 Å². The zero-order chi connectivity index (χ0) is 15.5. The normalized spacial score (nSPS) is 14.9. The van der Waals surface area contributed by atoms with Gasteiger partial charge in [-0.3, -0.25) is 4.90 Å². The van der Waals surface area contributed by atoms with E-state index in [-0.39, 0.29) is 0 Å². The molecule has 2 aromatic rings. The zero-order valence-corrected chi connectivity index (χ0v) is 13.9.